The average Bonchev–Trinajstić information content (AvgIpc) is 2.99. The van der Waals surface area contributed by atoms with Crippen LogP contribution in [0.2, 0.25) is 5.02 Å². The van der Waals surface area contributed by atoms with E-state index in [0.717, 1.165) is 11.8 Å². The number of nitrogens with zero attached hydrogens (tertiary/aromatic N) is 2. The summed E-state index contributed by atoms with van der Waals surface area (Å²) in [6.07, 6.45) is 2.75. The summed E-state index contributed by atoms with van der Waals surface area (Å²) in [7, 11) is -3.27. The van der Waals surface area contributed by atoms with E-state index in [1.165, 1.54) is 12.1 Å². The van der Waals surface area contributed by atoms with E-state index in [1.54, 1.807) is 47.2 Å². The van der Waals surface area contributed by atoms with Gasteiger partial charge < -0.3 is 0 Å². The number of rotatable bonds is 4. The Morgan fingerprint density at radius 3 is 2.25 bits per heavy atom. The summed E-state index contributed by atoms with van der Waals surface area (Å²) >= 11 is 5.90. The fourth-order valence-electron chi connectivity index (χ4n) is 2.35. The lowest BCUT2D eigenvalue weighted by Crippen LogP contribution is -1.99. The van der Waals surface area contributed by atoms with Crippen LogP contribution in [-0.4, -0.2) is 24.2 Å². The van der Waals surface area contributed by atoms with Crippen molar-refractivity contribution in [2.75, 3.05) is 6.26 Å². The maximum Gasteiger partial charge on any atom is 0.175 e. The van der Waals surface area contributed by atoms with Crippen molar-refractivity contribution in [3.63, 3.8) is 0 Å². The zero-order chi connectivity index (χ0) is 17.3. The highest BCUT2D eigenvalue weighted by Gasteiger charge is 2.13. The van der Waals surface area contributed by atoms with Gasteiger partial charge in [0.2, 0.25) is 0 Å². The third-order valence-corrected chi connectivity index (χ3v) is 4.92. The molecule has 0 bridgehead atoms. The van der Waals surface area contributed by atoms with Crippen molar-refractivity contribution in [1.82, 2.24) is 9.55 Å². The fourth-order valence-corrected chi connectivity index (χ4v) is 3.10. The quantitative estimate of drug-likeness (QED) is 0.701. The Kier molecular flexibility index (Phi) is 4.43. The number of alkyl halides is 1. The number of halogens is 2. The van der Waals surface area contributed by atoms with Gasteiger partial charge in [-0.2, -0.15) is 0 Å². The van der Waals surface area contributed by atoms with Gasteiger partial charge in [-0.15, -0.1) is 0 Å². The van der Waals surface area contributed by atoms with Crippen molar-refractivity contribution >= 4 is 21.4 Å². The third-order valence-electron chi connectivity index (χ3n) is 3.54. The highest BCUT2D eigenvalue weighted by Crippen LogP contribution is 2.25. The largest absolute Gasteiger partial charge is 0.299 e. The van der Waals surface area contributed by atoms with Crippen LogP contribution in [0.4, 0.5) is 4.39 Å². The standard InChI is InChI=1S/C17H14ClFN2O2S/c1-24(22,23)16-8-6-15(7-9-16)21-11-14(10-19)20-17(21)12-2-4-13(18)5-3-12/h2-9,11H,10H2,1H3. The zero-order valence-electron chi connectivity index (χ0n) is 12.8. The van der Waals surface area contributed by atoms with Gasteiger partial charge in [-0.05, 0) is 48.5 Å². The number of hydrogen-bond acceptors (Lipinski definition) is 3. The zero-order valence-corrected chi connectivity index (χ0v) is 14.4. The Labute approximate surface area is 144 Å². The highest BCUT2D eigenvalue weighted by molar-refractivity contribution is 7.90. The molecule has 24 heavy (non-hydrogen) atoms. The van der Waals surface area contributed by atoms with Gasteiger partial charge in [0.15, 0.2) is 9.84 Å². The summed E-state index contributed by atoms with van der Waals surface area (Å²) in [5.74, 6) is 0.562. The second-order valence-electron chi connectivity index (χ2n) is 5.33. The van der Waals surface area contributed by atoms with Crippen LogP contribution in [0.15, 0.2) is 59.6 Å². The Morgan fingerprint density at radius 1 is 1.08 bits per heavy atom. The lowest BCUT2D eigenvalue weighted by atomic mass is 10.2. The van der Waals surface area contributed by atoms with E-state index in [2.05, 4.69) is 4.98 Å². The fraction of sp³-hybridized carbons (Fsp3) is 0.118. The molecule has 7 heteroatoms. The molecule has 0 radical (unpaired) electrons. The van der Waals surface area contributed by atoms with Crippen LogP contribution in [0.1, 0.15) is 5.69 Å². The van der Waals surface area contributed by atoms with Crippen LogP contribution in [0.25, 0.3) is 17.1 Å². The molecule has 0 N–H and O–H groups in total. The molecule has 3 aromatic rings. The van der Waals surface area contributed by atoms with Gasteiger partial charge in [0, 0.05) is 28.7 Å². The molecule has 0 spiro atoms. The maximum absolute atomic E-state index is 13.1. The van der Waals surface area contributed by atoms with Crippen molar-refractivity contribution in [2.45, 2.75) is 11.6 Å². The first kappa shape index (κ1) is 16.7. The van der Waals surface area contributed by atoms with Crippen LogP contribution >= 0.6 is 11.6 Å². The molecule has 0 saturated heterocycles. The Hall–Kier alpha value is -2.18. The normalized spacial score (nSPS) is 11.6. The van der Waals surface area contributed by atoms with Crippen LogP contribution in [0, 0.1) is 0 Å². The van der Waals surface area contributed by atoms with Crippen LogP contribution in [0.3, 0.4) is 0 Å². The summed E-state index contributed by atoms with van der Waals surface area (Å²) < 4.78 is 37.9. The predicted molar refractivity (Wildman–Crippen MR) is 91.9 cm³/mol. The molecule has 0 amide bonds. The molecule has 1 aromatic heterocycles. The molecule has 0 aliphatic rings. The van der Waals surface area contributed by atoms with Crippen LogP contribution in [-0.2, 0) is 16.5 Å². The van der Waals surface area contributed by atoms with Gasteiger partial charge in [-0.25, -0.2) is 17.8 Å². The van der Waals surface area contributed by atoms with Crippen molar-refractivity contribution in [1.29, 1.82) is 0 Å². The SMILES string of the molecule is CS(=O)(=O)c1ccc(-n2cc(CF)nc2-c2ccc(Cl)cc2)cc1. The number of imidazole rings is 1. The van der Waals surface area contributed by atoms with Gasteiger partial charge >= 0.3 is 0 Å². The van der Waals surface area contributed by atoms with Crippen molar-refractivity contribution in [3.8, 4) is 17.1 Å². The molecule has 0 aliphatic carbocycles. The molecule has 0 aliphatic heterocycles. The van der Waals surface area contributed by atoms with E-state index in [1.807, 2.05) is 0 Å². The minimum Gasteiger partial charge on any atom is -0.299 e. The molecule has 4 nitrogen and oxygen atoms in total. The van der Waals surface area contributed by atoms with E-state index in [4.69, 9.17) is 11.6 Å². The molecule has 2 aromatic carbocycles. The molecule has 0 fully saturated rings. The van der Waals surface area contributed by atoms with E-state index >= 15 is 0 Å². The molecule has 124 valence electrons. The third kappa shape index (κ3) is 3.34. The summed E-state index contributed by atoms with van der Waals surface area (Å²) in [5, 5.41) is 0.597. The summed E-state index contributed by atoms with van der Waals surface area (Å²) in [6.45, 7) is -0.686. The minimum absolute atomic E-state index is 0.227. The monoisotopic (exact) mass is 364 g/mol. The average molecular weight is 365 g/mol. The van der Waals surface area contributed by atoms with E-state index in [0.29, 0.717) is 22.2 Å². The lowest BCUT2D eigenvalue weighted by molar-refractivity contribution is 0.477. The number of benzene rings is 2. The summed E-state index contributed by atoms with van der Waals surface area (Å²) in [6, 6.07) is 13.4. The first-order valence-corrected chi connectivity index (χ1v) is 9.36. The van der Waals surface area contributed by atoms with E-state index in [-0.39, 0.29) is 4.90 Å². The molecule has 0 unspecified atom stereocenters. The Bertz CT molecular complexity index is 965. The molecular weight excluding hydrogens is 351 g/mol. The second kappa shape index (κ2) is 6.37. The number of aromatic nitrogens is 2. The van der Waals surface area contributed by atoms with Gasteiger partial charge in [0.25, 0.3) is 0 Å². The van der Waals surface area contributed by atoms with Crippen molar-refractivity contribution in [2.24, 2.45) is 0 Å². The topological polar surface area (TPSA) is 52.0 Å². The smallest absolute Gasteiger partial charge is 0.175 e. The second-order valence-corrected chi connectivity index (χ2v) is 7.78. The van der Waals surface area contributed by atoms with Crippen LogP contribution in [0.5, 0.6) is 0 Å². The van der Waals surface area contributed by atoms with Gasteiger partial charge in [-0.1, -0.05) is 11.6 Å². The van der Waals surface area contributed by atoms with Gasteiger partial charge in [0.1, 0.15) is 12.5 Å². The molecule has 1 heterocycles. The lowest BCUT2D eigenvalue weighted by Gasteiger charge is -2.09. The van der Waals surface area contributed by atoms with Crippen molar-refractivity contribution in [3.05, 3.63) is 65.4 Å². The van der Waals surface area contributed by atoms with Crippen LogP contribution < -0.4 is 0 Å². The van der Waals surface area contributed by atoms with E-state index in [9.17, 15) is 12.8 Å². The summed E-state index contributed by atoms with van der Waals surface area (Å²) in [5.41, 5.74) is 1.78. The van der Waals surface area contributed by atoms with Gasteiger partial charge in [0.05, 0.1) is 10.6 Å². The van der Waals surface area contributed by atoms with Crippen molar-refractivity contribution < 1.29 is 12.8 Å². The summed E-state index contributed by atoms with van der Waals surface area (Å²) in [4.78, 5) is 4.53. The number of hydrogen-bond donors (Lipinski definition) is 0. The van der Waals surface area contributed by atoms with Gasteiger partial charge in [-0.3, -0.25) is 4.57 Å². The predicted octanol–water partition coefficient (Wildman–Crippen LogP) is 4.07. The first-order valence-electron chi connectivity index (χ1n) is 7.09. The molecule has 0 saturated carbocycles. The molecule has 3 rings (SSSR count). The minimum atomic E-state index is -3.27. The number of sulfone groups is 1. The Morgan fingerprint density at radius 2 is 1.71 bits per heavy atom. The highest BCUT2D eigenvalue weighted by atomic mass is 35.5. The first-order chi connectivity index (χ1) is 11.4. The molecule has 0 atom stereocenters. The van der Waals surface area contributed by atoms with E-state index < -0.39 is 16.5 Å². The Balaban J connectivity index is 2.10. The molecular formula is C17H14ClFN2O2S. The maximum atomic E-state index is 13.1.